The van der Waals surface area contributed by atoms with Crippen LogP contribution < -0.4 is 10.4 Å². The summed E-state index contributed by atoms with van der Waals surface area (Å²) < 4.78 is 0. The Morgan fingerprint density at radius 3 is 2.60 bits per heavy atom. The summed E-state index contributed by atoms with van der Waals surface area (Å²) in [6.07, 6.45) is 1.73. The molecule has 0 unspecified atom stereocenters. The molecule has 10 heavy (non-hydrogen) atoms. The summed E-state index contributed by atoms with van der Waals surface area (Å²) in [7, 11) is 0. The van der Waals surface area contributed by atoms with Crippen LogP contribution in [0.25, 0.3) is 0 Å². The maximum atomic E-state index is 10.6. The van der Waals surface area contributed by atoms with Crippen LogP contribution in [0.3, 0.4) is 0 Å². The molecule has 0 spiro atoms. The summed E-state index contributed by atoms with van der Waals surface area (Å²) >= 11 is 0. The first-order chi connectivity index (χ1) is 4.73. The van der Waals surface area contributed by atoms with Crippen molar-refractivity contribution >= 4 is 5.97 Å². The molecule has 1 aliphatic carbocycles. The first kappa shape index (κ1) is 6.16. The van der Waals surface area contributed by atoms with Crippen molar-refractivity contribution in [3.63, 3.8) is 0 Å². The van der Waals surface area contributed by atoms with Gasteiger partial charge in [0.1, 0.15) is 0 Å². The number of quaternary nitrogens is 1. The van der Waals surface area contributed by atoms with Gasteiger partial charge in [0, 0.05) is 5.92 Å². The van der Waals surface area contributed by atoms with E-state index in [-0.39, 0.29) is 0 Å². The van der Waals surface area contributed by atoms with Crippen molar-refractivity contribution < 1.29 is 15.2 Å². The Labute approximate surface area is 59.4 Å². The Kier molecular flexibility index (Phi) is 1.06. The molecule has 2 aliphatic heterocycles. The second-order valence-corrected chi connectivity index (χ2v) is 3.57. The van der Waals surface area contributed by atoms with Gasteiger partial charge in [0.05, 0.1) is 24.5 Å². The van der Waals surface area contributed by atoms with Crippen LogP contribution in [0.2, 0.25) is 0 Å². The van der Waals surface area contributed by atoms with Crippen LogP contribution in [0.15, 0.2) is 0 Å². The number of carboxylic acid groups (broad SMARTS) is 1. The molecular weight excluding hydrogens is 130 g/mol. The third-order valence-electron chi connectivity index (χ3n) is 2.83. The van der Waals surface area contributed by atoms with Crippen molar-refractivity contribution in [3.05, 3.63) is 0 Å². The molecule has 0 aromatic carbocycles. The molecule has 0 amide bonds. The van der Waals surface area contributed by atoms with Crippen molar-refractivity contribution in [2.45, 2.75) is 12.8 Å². The minimum Gasteiger partial charge on any atom is -0.549 e. The Hall–Kier alpha value is -0.570. The highest BCUT2D eigenvalue weighted by Crippen LogP contribution is 2.45. The molecule has 2 N–H and O–H groups in total. The molecule has 0 aromatic rings. The highest BCUT2D eigenvalue weighted by atomic mass is 16.4. The second-order valence-electron chi connectivity index (χ2n) is 3.57. The summed E-state index contributed by atoms with van der Waals surface area (Å²) in [5.74, 6) is -0.175. The van der Waals surface area contributed by atoms with Crippen LogP contribution in [0.1, 0.15) is 12.8 Å². The molecule has 3 heteroatoms. The van der Waals surface area contributed by atoms with Crippen LogP contribution in [0.5, 0.6) is 0 Å². The van der Waals surface area contributed by atoms with Gasteiger partial charge in [-0.25, -0.2) is 0 Å². The Morgan fingerprint density at radius 2 is 2.30 bits per heavy atom. The number of carbonyl (C=O) groups is 1. The number of piperidine rings is 2. The average Bonchev–Trinajstić information content (AvgIpc) is 1.87. The summed E-state index contributed by atoms with van der Waals surface area (Å²) in [6.45, 7) is 1.86. The Morgan fingerprint density at radius 1 is 1.60 bits per heavy atom. The summed E-state index contributed by atoms with van der Waals surface area (Å²) in [5.41, 5.74) is -0.428. The number of hydrogen-bond acceptors (Lipinski definition) is 2. The number of carbonyl (C=O) groups excluding carboxylic acids is 1. The summed E-state index contributed by atoms with van der Waals surface area (Å²) in [4.78, 5) is 10.6. The lowest BCUT2D eigenvalue weighted by atomic mass is 9.59. The van der Waals surface area contributed by atoms with Crippen molar-refractivity contribution in [1.82, 2.24) is 0 Å². The first-order valence-corrected chi connectivity index (χ1v) is 3.76. The van der Waals surface area contributed by atoms with E-state index in [0.29, 0.717) is 5.92 Å². The molecule has 3 fully saturated rings. The van der Waals surface area contributed by atoms with Crippen molar-refractivity contribution in [2.24, 2.45) is 11.3 Å². The van der Waals surface area contributed by atoms with E-state index < -0.39 is 11.4 Å². The van der Waals surface area contributed by atoms with Gasteiger partial charge in [-0.05, 0) is 12.8 Å². The zero-order valence-corrected chi connectivity index (χ0v) is 5.80. The fraction of sp³-hybridized carbons (Fsp3) is 0.857. The smallest absolute Gasteiger partial charge is 0.0865 e. The lowest BCUT2D eigenvalue weighted by Crippen LogP contribution is -2.95. The molecule has 56 valence electrons. The summed E-state index contributed by atoms with van der Waals surface area (Å²) in [5, 5.41) is 12.7. The highest BCUT2D eigenvalue weighted by Gasteiger charge is 2.50. The minimum atomic E-state index is -0.834. The maximum Gasteiger partial charge on any atom is 0.0865 e. The minimum absolute atomic E-state index is 0.428. The average molecular weight is 141 g/mol. The predicted molar refractivity (Wildman–Crippen MR) is 31.8 cm³/mol. The molecule has 1 saturated carbocycles. The zero-order valence-electron chi connectivity index (χ0n) is 5.80. The van der Waals surface area contributed by atoms with Crippen LogP contribution in [0.4, 0.5) is 0 Å². The molecule has 2 bridgehead atoms. The number of aliphatic carboxylic acids is 1. The van der Waals surface area contributed by atoms with Gasteiger partial charge in [0.2, 0.25) is 0 Å². The van der Waals surface area contributed by atoms with Gasteiger partial charge >= 0.3 is 0 Å². The molecule has 0 radical (unpaired) electrons. The van der Waals surface area contributed by atoms with Gasteiger partial charge in [0.15, 0.2) is 0 Å². The molecule has 3 aliphatic rings. The van der Waals surface area contributed by atoms with E-state index in [2.05, 4.69) is 5.32 Å². The van der Waals surface area contributed by atoms with Crippen molar-refractivity contribution in [1.29, 1.82) is 0 Å². The van der Waals surface area contributed by atoms with E-state index in [9.17, 15) is 9.90 Å². The molecular formula is C7H11NO2. The predicted octanol–water partition coefficient (Wildman–Crippen LogP) is -2.29. The first-order valence-electron chi connectivity index (χ1n) is 3.76. The van der Waals surface area contributed by atoms with Gasteiger partial charge in [0.25, 0.3) is 0 Å². The fourth-order valence-electron chi connectivity index (χ4n) is 2.22. The molecule has 2 heterocycles. The van der Waals surface area contributed by atoms with Gasteiger partial charge < -0.3 is 15.2 Å². The van der Waals surface area contributed by atoms with Crippen LogP contribution in [-0.4, -0.2) is 19.1 Å². The maximum absolute atomic E-state index is 10.6. The number of fused-ring (bicyclic) bond motifs is 2. The molecule has 3 nitrogen and oxygen atoms in total. The lowest BCUT2D eigenvalue weighted by molar-refractivity contribution is -0.696. The fourth-order valence-corrected chi connectivity index (χ4v) is 2.22. The SMILES string of the molecule is O=C([O-])C12C[NH2+]CC(C1)C2. The number of hydrogen-bond donors (Lipinski definition) is 1. The Balaban J connectivity index is 2.12. The van der Waals surface area contributed by atoms with Crippen LogP contribution in [-0.2, 0) is 4.79 Å². The van der Waals surface area contributed by atoms with Gasteiger partial charge in [-0.3, -0.25) is 0 Å². The summed E-state index contributed by atoms with van der Waals surface area (Å²) in [6, 6.07) is 0. The van der Waals surface area contributed by atoms with Gasteiger partial charge in [-0.2, -0.15) is 0 Å². The van der Waals surface area contributed by atoms with E-state index in [1.165, 1.54) is 0 Å². The Bertz CT molecular complexity index is 167. The zero-order chi connectivity index (χ0) is 7.19. The molecule has 0 atom stereocenters. The van der Waals surface area contributed by atoms with Crippen LogP contribution >= 0.6 is 0 Å². The topological polar surface area (TPSA) is 56.7 Å². The van der Waals surface area contributed by atoms with E-state index in [4.69, 9.17) is 0 Å². The number of carboxylic acids is 1. The highest BCUT2D eigenvalue weighted by molar-refractivity contribution is 5.74. The number of rotatable bonds is 1. The van der Waals surface area contributed by atoms with E-state index >= 15 is 0 Å². The van der Waals surface area contributed by atoms with E-state index in [1.54, 1.807) is 0 Å². The van der Waals surface area contributed by atoms with Gasteiger partial charge in [-0.1, -0.05) is 0 Å². The van der Waals surface area contributed by atoms with Crippen molar-refractivity contribution in [3.8, 4) is 0 Å². The molecule has 2 saturated heterocycles. The standard InChI is InChI=1S/C7H11NO2/c9-6(10)7-1-5(2-7)3-8-4-7/h5,8H,1-4H2,(H,9,10). The largest absolute Gasteiger partial charge is 0.549 e. The quantitative estimate of drug-likeness (QED) is 0.447. The second kappa shape index (κ2) is 1.72. The van der Waals surface area contributed by atoms with E-state index in [0.717, 1.165) is 25.9 Å². The normalized spacial score (nSPS) is 44.2. The van der Waals surface area contributed by atoms with Crippen molar-refractivity contribution in [2.75, 3.05) is 13.1 Å². The van der Waals surface area contributed by atoms with Gasteiger partial charge in [-0.15, -0.1) is 0 Å². The van der Waals surface area contributed by atoms with Crippen LogP contribution in [0, 0.1) is 11.3 Å². The monoisotopic (exact) mass is 141 g/mol. The number of nitrogens with two attached hydrogens (primary N) is 1. The lowest BCUT2D eigenvalue weighted by Gasteiger charge is -2.50. The van der Waals surface area contributed by atoms with E-state index in [1.807, 2.05) is 0 Å². The third-order valence-corrected chi connectivity index (χ3v) is 2.83. The third kappa shape index (κ3) is 0.611. The molecule has 3 rings (SSSR count). The molecule has 0 aromatic heterocycles.